The Labute approximate surface area is 125 Å². The summed E-state index contributed by atoms with van der Waals surface area (Å²) in [5.74, 6) is -0.873. The quantitative estimate of drug-likeness (QED) is 0.504. The molecule has 0 fully saturated rings. The van der Waals surface area contributed by atoms with Crippen molar-refractivity contribution in [2.24, 2.45) is 21.7 Å². The lowest BCUT2D eigenvalue weighted by atomic mass is 10.2. The molecule has 0 radical (unpaired) electrons. The molecular formula is C15H14F2N4O. The lowest BCUT2D eigenvalue weighted by Gasteiger charge is -2.09. The van der Waals surface area contributed by atoms with E-state index in [0.29, 0.717) is 11.1 Å². The molecule has 0 spiro atoms. The molecule has 0 aromatic heterocycles. The molecule has 0 aliphatic rings. The molecule has 0 aliphatic carbocycles. The number of halogens is 2. The Bertz CT molecular complexity index is 712. The van der Waals surface area contributed by atoms with Crippen molar-refractivity contribution in [3.63, 3.8) is 0 Å². The number of guanidine groups is 1. The Hall–Kier alpha value is -2.96. The molecule has 2 aromatic rings. The molecule has 4 N–H and O–H groups in total. The van der Waals surface area contributed by atoms with Gasteiger partial charge in [0.15, 0.2) is 0 Å². The number of nitrogens with zero attached hydrogens (tertiary/aromatic N) is 2. The van der Waals surface area contributed by atoms with Crippen LogP contribution in [0, 0.1) is 11.6 Å². The maximum absolute atomic E-state index is 13.5. The average molecular weight is 304 g/mol. The molecule has 0 saturated heterocycles. The highest BCUT2D eigenvalue weighted by atomic mass is 19.1. The van der Waals surface area contributed by atoms with Crippen molar-refractivity contribution in [2.75, 3.05) is 0 Å². The molecule has 0 bridgehead atoms. The number of nitrogens with two attached hydrogens (primary N) is 2. The molecule has 0 amide bonds. The summed E-state index contributed by atoms with van der Waals surface area (Å²) < 4.78 is 32.3. The second-order valence-corrected chi connectivity index (χ2v) is 4.33. The SMILES string of the molecule is NC(N)=NN=Cc1ccc(F)cc1OCc1ccccc1F. The van der Waals surface area contributed by atoms with Crippen LogP contribution in [0.3, 0.4) is 0 Å². The molecule has 7 heteroatoms. The molecule has 0 atom stereocenters. The summed E-state index contributed by atoms with van der Waals surface area (Å²) in [5.41, 5.74) is 11.1. The van der Waals surface area contributed by atoms with Crippen LogP contribution in [0.5, 0.6) is 5.75 Å². The number of benzene rings is 2. The van der Waals surface area contributed by atoms with Gasteiger partial charge in [0.2, 0.25) is 5.96 Å². The van der Waals surface area contributed by atoms with E-state index in [4.69, 9.17) is 16.2 Å². The monoisotopic (exact) mass is 304 g/mol. The Morgan fingerprint density at radius 2 is 1.91 bits per heavy atom. The van der Waals surface area contributed by atoms with Gasteiger partial charge in [-0.3, -0.25) is 0 Å². The fourth-order valence-electron chi connectivity index (χ4n) is 1.67. The molecule has 0 saturated carbocycles. The van der Waals surface area contributed by atoms with Crippen LogP contribution < -0.4 is 16.2 Å². The third kappa shape index (κ3) is 4.27. The van der Waals surface area contributed by atoms with E-state index in [0.717, 1.165) is 0 Å². The third-order valence-corrected chi connectivity index (χ3v) is 2.69. The summed E-state index contributed by atoms with van der Waals surface area (Å²) in [6.07, 6.45) is 1.32. The number of hydrogen-bond acceptors (Lipinski definition) is 3. The summed E-state index contributed by atoms with van der Waals surface area (Å²) in [6.45, 7) is -0.0424. The van der Waals surface area contributed by atoms with Crippen molar-refractivity contribution in [1.29, 1.82) is 0 Å². The number of hydrogen-bond donors (Lipinski definition) is 2. The smallest absolute Gasteiger partial charge is 0.211 e. The van der Waals surface area contributed by atoms with Crippen molar-refractivity contribution < 1.29 is 13.5 Å². The van der Waals surface area contributed by atoms with E-state index in [1.807, 2.05) is 0 Å². The van der Waals surface area contributed by atoms with E-state index in [-0.39, 0.29) is 18.3 Å². The van der Waals surface area contributed by atoms with E-state index in [9.17, 15) is 8.78 Å². The Morgan fingerprint density at radius 1 is 1.14 bits per heavy atom. The van der Waals surface area contributed by atoms with Crippen molar-refractivity contribution in [3.05, 3.63) is 65.2 Å². The predicted molar refractivity (Wildman–Crippen MR) is 80.5 cm³/mol. The van der Waals surface area contributed by atoms with Gasteiger partial charge in [0, 0.05) is 17.2 Å². The van der Waals surface area contributed by atoms with Crippen molar-refractivity contribution in [3.8, 4) is 5.75 Å². The van der Waals surface area contributed by atoms with Gasteiger partial charge in [-0.2, -0.15) is 5.10 Å². The fourth-order valence-corrected chi connectivity index (χ4v) is 1.67. The highest BCUT2D eigenvalue weighted by molar-refractivity contribution is 5.84. The first-order valence-electron chi connectivity index (χ1n) is 6.34. The van der Waals surface area contributed by atoms with Crippen molar-refractivity contribution in [2.45, 2.75) is 6.61 Å². The lowest BCUT2D eigenvalue weighted by Crippen LogP contribution is -2.21. The van der Waals surface area contributed by atoms with Crippen LogP contribution in [0.4, 0.5) is 8.78 Å². The fraction of sp³-hybridized carbons (Fsp3) is 0.0667. The topological polar surface area (TPSA) is 86.0 Å². The summed E-state index contributed by atoms with van der Waals surface area (Å²) in [6, 6.07) is 10.1. The van der Waals surface area contributed by atoms with E-state index in [1.54, 1.807) is 18.2 Å². The lowest BCUT2D eigenvalue weighted by molar-refractivity contribution is 0.298. The predicted octanol–water partition coefficient (Wildman–Crippen LogP) is 2.15. The van der Waals surface area contributed by atoms with Gasteiger partial charge in [-0.25, -0.2) is 8.78 Å². The van der Waals surface area contributed by atoms with Gasteiger partial charge in [-0.15, -0.1) is 5.10 Å². The molecule has 114 valence electrons. The van der Waals surface area contributed by atoms with Crippen LogP contribution in [0.15, 0.2) is 52.7 Å². The molecular weight excluding hydrogens is 290 g/mol. The maximum atomic E-state index is 13.5. The van der Waals surface area contributed by atoms with E-state index in [2.05, 4.69) is 10.2 Å². The van der Waals surface area contributed by atoms with Gasteiger partial charge in [0.25, 0.3) is 0 Å². The molecule has 0 heterocycles. The average Bonchev–Trinajstić information content (AvgIpc) is 2.48. The van der Waals surface area contributed by atoms with Crippen LogP contribution in [-0.2, 0) is 6.61 Å². The van der Waals surface area contributed by atoms with Crippen LogP contribution in [0.25, 0.3) is 0 Å². The zero-order valence-corrected chi connectivity index (χ0v) is 11.5. The summed E-state index contributed by atoms with van der Waals surface area (Å²) in [5, 5.41) is 7.09. The summed E-state index contributed by atoms with van der Waals surface area (Å²) in [7, 11) is 0. The second kappa shape index (κ2) is 7.16. The second-order valence-electron chi connectivity index (χ2n) is 4.33. The zero-order chi connectivity index (χ0) is 15.9. The van der Waals surface area contributed by atoms with Gasteiger partial charge in [0.1, 0.15) is 24.0 Å². The summed E-state index contributed by atoms with van der Waals surface area (Å²) in [4.78, 5) is 0. The van der Waals surface area contributed by atoms with Gasteiger partial charge in [-0.05, 0) is 18.2 Å². The van der Waals surface area contributed by atoms with E-state index >= 15 is 0 Å². The standard InChI is InChI=1S/C15H14F2N4O/c16-12-6-5-10(8-20-21-15(18)19)14(7-12)22-9-11-3-1-2-4-13(11)17/h1-8H,9H2,(H4,18,19,21). The normalized spacial score (nSPS) is 10.6. The summed E-state index contributed by atoms with van der Waals surface area (Å²) >= 11 is 0. The highest BCUT2D eigenvalue weighted by Gasteiger charge is 2.06. The minimum Gasteiger partial charge on any atom is -0.488 e. The number of ether oxygens (including phenoxy) is 1. The first-order valence-corrected chi connectivity index (χ1v) is 6.34. The largest absolute Gasteiger partial charge is 0.488 e. The zero-order valence-electron chi connectivity index (χ0n) is 11.5. The maximum Gasteiger partial charge on any atom is 0.211 e. The molecule has 0 unspecified atom stereocenters. The molecule has 5 nitrogen and oxygen atoms in total. The van der Waals surface area contributed by atoms with Crippen LogP contribution >= 0.6 is 0 Å². The van der Waals surface area contributed by atoms with Crippen LogP contribution in [0.2, 0.25) is 0 Å². The first-order chi connectivity index (χ1) is 10.6. The first kappa shape index (κ1) is 15.4. The van der Waals surface area contributed by atoms with Crippen LogP contribution in [0.1, 0.15) is 11.1 Å². The van der Waals surface area contributed by atoms with Gasteiger partial charge >= 0.3 is 0 Å². The van der Waals surface area contributed by atoms with Crippen LogP contribution in [-0.4, -0.2) is 12.2 Å². The highest BCUT2D eigenvalue weighted by Crippen LogP contribution is 2.20. The number of rotatable bonds is 5. The van der Waals surface area contributed by atoms with Gasteiger partial charge in [-0.1, -0.05) is 18.2 Å². The van der Waals surface area contributed by atoms with Gasteiger partial charge in [0.05, 0.1) is 6.21 Å². The van der Waals surface area contributed by atoms with E-state index in [1.165, 1.54) is 30.5 Å². The molecule has 0 aliphatic heterocycles. The molecule has 22 heavy (non-hydrogen) atoms. The van der Waals surface area contributed by atoms with Crippen molar-refractivity contribution >= 4 is 12.2 Å². The van der Waals surface area contributed by atoms with E-state index < -0.39 is 11.6 Å². The van der Waals surface area contributed by atoms with Crippen molar-refractivity contribution in [1.82, 2.24) is 0 Å². The Balaban J connectivity index is 2.19. The van der Waals surface area contributed by atoms with Gasteiger partial charge < -0.3 is 16.2 Å². The molecule has 2 aromatic carbocycles. The minimum absolute atomic E-state index is 0.0424. The third-order valence-electron chi connectivity index (χ3n) is 2.69. The minimum atomic E-state index is -0.484. The Morgan fingerprint density at radius 3 is 2.64 bits per heavy atom. The molecule has 2 rings (SSSR count). The Kier molecular flexibility index (Phi) is 5.02.